The first-order chi connectivity index (χ1) is 9.04. The molecule has 0 radical (unpaired) electrons. The number of benzene rings is 2. The first-order valence-corrected chi connectivity index (χ1v) is 6.55. The van der Waals surface area contributed by atoms with Crippen molar-refractivity contribution in [1.29, 1.82) is 0 Å². The average Bonchev–Trinajstić information content (AvgIpc) is 2.36. The van der Waals surface area contributed by atoms with Gasteiger partial charge < -0.3 is 4.74 Å². The van der Waals surface area contributed by atoms with Gasteiger partial charge in [-0.1, -0.05) is 34.8 Å². The molecule has 0 unspecified atom stereocenters. The van der Waals surface area contributed by atoms with Gasteiger partial charge in [0.15, 0.2) is 12.4 Å². The summed E-state index contributed by atoms with van der Waals surface area (Å²) in [6, 6.07) is 11.4. The minimum Gasteiger partial charge on any atom is -0.485 e. The van der Waals surface area contributed by atoms with E-state index in [2.05, 4.69) is 0 Å². The number of ketones is 1. The SMILES string of the molecule is O=C(COc1cc(Cl)cc(Cl)c1)c1ccc(Cl)cc1. The summed E-state index contributed by atoms with van der Waals surface area (Å²) < 4.78 is 5.36. The maximum absolute atomic E-state index is 11.9. The zero-order valence-electron chi connectivity index (χ0n) is 9.70. The van der Waals surface area contributed by atoms with E-state index in [0.29, 0.717) is 26.4 Å². The fourth-order valence-electron chi connectivity index (χ4n) is 1.48. The zero-order valence-corrected chi connectivity index (χ0v) is 12.0. The zero-order chi connectivity index (χ0) is 13.8. The van der Waals surface area contributed by atoms with Crippen molar-refractivity contribution < 1.29 is 9.53 Å². The number of hydrogen-bond donors (Lipinski definition) is 0. The molecule has 0 aliphatic rings. The average molecular weight is 316 g/mol. The van der Waals surface area contributed by atoms with Crippen LogP contribution in [0.1, 0.15) is 10.4 Å². The van der Waals surface area contributed by atoms with Gasteiger partial charge in [0, 0.05) is 20.6 Å². The van der Waals surface area contributed by atoms with Gasteiger partial charge in [0.2, 0.25) is 0 Å². The molecule has 0 saturated carbocycles. The van der Waals surface area contributed by atoms with Crippen LogP contribution in [0.2, 0.25) is 15.1 Å². The Bertz CT molecular complexity index is 574. The van der Waals surface area contributed by atoms with Crippen molar-refractivity contribution in [2.75, 3.05) is 6.61 Å². The van der Waals surface area contributed by atoms with Crippen LogP contribution in [0.15, 0.2) is 42.5 Å². The highest BCUT2D eigenvalue weighted by Gasteiger charge is 2.07. The van der Waals surface area contributed by atoms with Gasteiger partial charge in [0.25, 0.3) is 0 Å². The monoisotopic (exact) mass is 314 g/mol. The lowest BCUT2D eigenvalue weighted by atomic mass is 10.1. The predicted octanol–water partition coefficient (Wildman–Crippen LogP) is 4.91. The number of carbonyl (C=O) groups excluding carboxylic acids is 1. The third-order valence-electron chi connectivity index (χ3n) is 2.37. The Balaban J connectivity index is 2.02. The highest BCUT2D eigenvalue weighted by Crippen LogP contribution is 2.24. The number of halogens is 3. The summed E-state index contributed by atoms with van der Waals surface area (Å²) in [6.45, 7) is -0.0850. The van der Waals surface area contributed by atoms with Gasteiger partial charge in [-0.25, -0.2) is 0 Å². The van der Waals surface area contributed by atoms with Gasteiger partial charge in [0.05, 0.1) is 0 Å². The van der Waals surface area contributed by atoms with Crippen LogP contribution in [0.4, 0.5) is 0 Å². The lowest BCUT2D eigenvalue weighted by Crippen LogP contribution is -2.11. The molecule has 5 heteroatoms. The van der Waals surface area contributed by atoms with Crippen molar-refractivity contribution in [3.05, 3.63) is 63.1 Å². The molecule has 0 aliphatic heterocycles. The molecule has 0 heterocycles. The van der Waals surface area contributed by atoms with Gasteiger partial charge in [-0.3, -0.25) is 4.79 Å². The Labute approximate surface area is 125 Å². The van der Waals surface area contributed by atoms with Crippen molar-refractivity contribution >= 4 is 40.6 Å². The largest absolute Gasteiger partial charge is 0.485 e. The molecule has 19 heavy (non-hydrogen) atoms. The summed E-state index contributed by atoms with van der Waals surface area (Å²) in [7, 11) is 0. The van der Waals surface area contributed by atoms with Gasteiger partial charge in [-0.15, -0.1) is 0 Å². The van der Waals surface area contributed by atoms with Crippen molar-refractivity contribution in [2.45, 2.75) is 0 Å². The van der Waals surface area contributed by atoms with Crippen molar-refractivity contribution in [2.24, 2.45) is 0 Å². The third-order valence-corrected chi connectivity index (χ3v) is 3.06. The Kier molecular flexibility index (Phi) is 4.70. The van der Waals surface area contributed by atoms with Crippen LogP contribution in [0.3, 0.4) is 0 Å². The van der Waals surface area contributed by atoms with Crippen LogP contribution in [-0.2, 0) is 0 Å². The molecule has 0 amide bonds. The molecule has 2 aromatic carbocycles. The molecule has 0 N–H and O–H groups in total. The number of rotatable bonds is 4. The molecule has 0 atom stereocenters. The third kappa shape index (κ3) is 4.13. The molecule has 0 spiro atoms. The molecule has 0 saturated heterocycles. The van der Waals surface area contributed by atoms with Gasteiger partial charge >= 0.3 is 0 Å². The van der Waals surface area contributed by atoms with Crippen LogP contribution in [0.5, 0.6) is 5.75 Å². The van der Waals surface area contributed by atoms with Gasteiger partial charge in [-0.05, 0) is 42.5 Å². The van der Waals surface area contributed by atoms with Crippen LogP contribution >= 0.6 is 34.8 Å². The van der Waals surface area contributed by atoms with E-state index in [1.807, 2.05) is 0 Å². The smallest absolute Gasteiger partial charge is 0.200 e. The fourth-order valence-corrected chi connectivity index (χ4v) is 2.11. The second kappa shape index (κ2) is 6.29. The Morgan fingerprint density at radius 2 is 1.47 bits per heavy atom. The van der Waals surface area contributed by atoms with Crippen LogP contribution < -0.4 is 4.74 Å². The van der Waals surface area contributed by atoms with Gasteiger partial charge in [0.1, 0.15) is 5.75 Å². The van der Waals surface area contributed by atoms with E-state index in [0.717, 1.165) is 0 Å². The molecule has 0 fully saturated rings. The summed E-state index contributed by atoms with van der Waals surface area (Å²) in [5, 5.41) is 1.50. The lowest BCUT2D eigenvalue weighted by Gasteiger charge is -2.06. The number of hydrogen-bond acceptors (Lipinski definition) is 2. The minimum atomic E-state index is -0.146. The summed E-state index contributed by atoms with van der Waals surface area (Å²) >= 11 is 17.4. The molecule has 2 aromatic rings. The normalized spacial score (nSPS) is 10.3. The van der Waals surface area contributed by atoms with E-state index in [9.17, 15) is 4.79 Å². The van der Waals surface area contributed by atoms with E-state index in [1.54, 1.807) is 42.5 Å². The van der Waals surface area contributed by atoms with Crippen LogP contribution in [0.25, 0.3) is 0 Å². The Hall–Kier alpha value is -1.22. The van der Waals surface area contributed by atoms with Crippen molar-refractivity contribution in [1.82, 2.24) is 0 Å². The molecule has 0 bridgehead atoms. The molecular weight excluding hydrogens is 307 g/mol. The topological polar surface area (TPSA) is 26.3 Å². The fraction of sp³-hybridized carbons (Fsp3) is 0.0714. The second-order valence-electron chi connectivity index (χ2n) is 3.82. The highest BCUT2D eigenvalue weighted by molar-refractivity contribution is 6.34. The Morgan fingerprint density at radius 1 is 0.895 bits per heavy atom. The lowest BCUT2D eigenvalue weighted by molar-refractivity contribution is 0.0921. The second-order valence-corrected chi connectivity index (χ2v) is 5.13. The summed E-state index contributed by atoms with van der Waals surface area (Å²) in [5.41, 5.74) is 0.539. The van der Waals surface area contributed by atoms with E-state index >= 15 is 0 Å². The molecule has 2 nitrogen and oxygen atoms in total. The van der Waals surface area contributed by atoms with E-state index in [4.69, 9.17) is 39.5 Å². The quantitative estimate of drug-likeness (QED) is 0.749. The summed E-state index contributed by atoms with van der Waals surface area (Å²) in [4.78, 5) is 11.9. The van der Waals surface area contributed by atoms with Crippen LogP contribution in [-0.4, -0.2) is 12.4 Å². The minimum absolute atomic E-state index is 0.0850. The Morgan fingerprint density at radius 3 is 2.05 bits per heavy atom. The number of carbonyl (C=O) groups is 1. The number of ether oxygens (including phenoxy) is 1. The molecular formula is C14H9Cl3O2. The maximum Gasteiger partial charge on any atom is 0.200 e. The molecule has 0 aliphatic carbocycles. The standard InChI is InChI=1S/C14H9Cl3O2/c15-10-3-1-9(2-4-10)14(18)8-19-13-6-11(16)5-12(17)7-13/h1-7H,8H2. The highest BCUT2D eigenvalue weighted by atomic mass is 35.5. The molecule has 0 aromatic heterocycles. The molecule has 98 valence electrons. The first-order valence-electron chi connectivity index (χ1n) is 5.42. The van der Waals surface area contributed by atoms with Gasteiger partial charge in [-0.2, -0.15) is 0 Å². The van der Waals surface area contributed by atoms with E-state index < -0.39 is 0 Å². The predicted molar refractivity (Wildman–Crippen MR) is 77.7 cm³/mol. The van der Waals surface area contributed by atoms with Crippen LogP contribution in [0, 0.1) is 0 Å². The summed E-state index contributed by atoms with van der Waals surface area (Å²) in [6.07, 6.45) is 0. The number of Topliss-reactive ketones (excluding diaryl/α,β-unsaturated/α-hetero) is 1. The first kappa shape index (κ1) is 14.2. The van der Waals surface area contributed by atoms with E-state index in [-0.39, 0.29) is 12.4 Å². The van der Waals surface area contributed by atoms with Crippen molar-refractivity contribution in [3.8, 4) is 5.75 Å². The maximum atomic E-state index is 11.9. The summed E-state index contributed by atoms with van der Waals surface area (Å²) in [5.74, 6) is 0.313. The van der Waals surface area contributed by atoms with E-state index in [1.165, 1.54) is 0 Å². The molecule has 2 rings (SSSR count). The van der Waals surface area contributed by atoms with Crippen molar-refractivity contribution in [3.63, 3.8) is 0 Å².